The highest BCUT2D eigenvalue weighted by atomic mass is 79.9. The zero-order valence-electron chi connectivity index (χ0n) is 62.1. The van der Waals surface area contributed by atoms with Gasteiger partial charge in [0.1, 0.15) is 11.5 Å². The van der Waals surface area contributed by atoms with Crippen molar-refractivity contribution < 1.29 is 9.84 Å². The van der Waals surface area contributed by atoms with Crippen molar-refractivity contribution in [3.05, 3.63) is 92.0 Å². The predicted octanol–water partition coefficient (Wildman–Crippen LogP) is 11.0. The minimum absolute atomic E-state index is 0.106. The summed E-state index contributed by atoms with van der Waals surface area (Å²) in [4.78, 5) is 31.5. The van der Waals surface area contributed by atoms with E-state index in [2.05, 4.69) is 499 Å². The Labute approximate surface area is 723 Å². The lowest BCUT2D eigenvalue weighted by atomic mass is 10.0. The smallest absolute Gasteiger partial charge is 0.369 e. The summed E-state index contributed by atoms with van der Waals surface area (Å²) in [6, 6.07) is 10.9. The normalized spacial score (nSPS) is 6.57. The van der Waals surface area contributed by atoms with E-state index in [1.54, 1.807) is 55.5 Å². The van der Waals surface area contributed by atoms with Gasteiger partial charge in [-0.15, -0.1) is 98.3 Å². The lowest BCUT2D eigenvalue weighted by Crippen LogP contribution is -2.19. The topological polar surface area (TPSA) is 99.2 Å². The summed E-state index contributed by atoms with van der Waals surface area (Å²) < 4.78 is 8.65. The Morgan fingerprint density at radius 3 is 0.733 bits per heavy atom. The molecule has 5 atom stereocenters. The van der Waals surface area contributed by atoms with Crippen LogP contribution in [0.15, 0.2) is 58.4 Å². The van der Waals surface area contributed by atoms with E-state index in [-0.39, 0.29) is 41.0 Å². The van der Waals surface area contributed by atoms with E-state index in [1.165, 1.54) is 12.4 Å². The Morgan fingerprint density at radius 2 is 0.560 bits per heavy atom. The predicted molar refractivity (Wildman–Crippen MR) is 510 cm³/mol. The molecule has 2 heterocycles. The molecule has 4 aromatic rings. The molecule has 0 aliphatic heterocycles. The van der Waals surface area contributed by atoms with Crippen molar-refractivity contribution in [2.24, 2.45) is 14.1 Å². The highest BCUT2D eigenvalue weighted by Crippen LogP contribution is 3.00. The van der Waals surface area contributed by atoms with E-state index in [0.717, 1.165) is 50.8 Å². The van der Waals surface area contributed by atoms with Gasteiger partial charge < -0.3 is 19.0 Å². The molecule has 0 bridgehead atoms. The first kappa shape index (κ1) is 102. The number of aromatic nitrogens is 4. The molecule has 4 rings (SSSR count). The first-order valence-corrected chi connectivity index (χ1v) is 47.0. The molecular weight excluding hydrogens is 1770 g/mol. The van der Waals surface area contributed by atoms with Gasteiger partial charge in [0.2, 0.25) is 0 Å². The van der Waals surface area contributed by atoms with Gasteiger partial charge in [0, 0.05) is 321 Å². The molecule has 1 N–H and O–H groups in total. The molecule has 0 aliphatic rings. The van der Waals surface area contributed by atoms with Crippen molar-refractivity contribution >= 4 is 116 Å². The quantitative estimate of drug-likeness (QED) is 0.121. The summed E-state index contributed by atoms with van der Waals surface area (Å²) in [6.45, 7) is 9.83. The molecule has 2 aromatic heterocycles. The Hall–Kier alpha value is -14.2. The van der Waals surface area contributed by atoms with Crippen LogP contribution in [-0.4, -0.2) is 34.5 Å². The summed E-state index contributed by atoms with van der Waals surface area (Å²) in [5.74, 6) is 168. The number of methoxy groups -OCH3 is 1. The van der Waals surface area contributed by atoms with Gasteiger partial charge >= 0.3 is 3.18 Å². The average molecular weight is 1820 g/mol. The molecule has 0 fully saturated rings. The first-order chi connectivity index (χ1) is 56.2. The van der Waals surface area contributed by atoms with Crippen molar-refractivity contribution in [3.63, 3.8) is 0 Å². The van der Waals surface area contributed by atoms with Crippen LogP contribution in [-0.2, 0) is 14.1 Å². The van der Waals surface area contributed by atoms with Crippen LogP contribution < -0.4 is 15.9 Å². The number of halogens is 3. The van der Waals surface area contributed by atoms with Gasteiger partial charge in [-0.3, -0.25) is 19.6 Å². The van der Waals surface area contributed by atoms with Crippen molar-refractivity contribution in [1.29, 1.82) is 0 Å². The number of phenols is 1. The van der Waals surface area contributed by atoms with Gasteiger partial charge in [-0.25, -0.2) is 0 Å². The second-order valence-corrected chi connectivity index (χ2v) is 52.7. The van der Waals surface area contributed by atoms with Gasteiger partial charge in [0.25, 0.3) is 11.1 Å². The number of hydrogen-bond donors (Lipinski definition) is 1. The summed E-state index contributed by atoms with van der Waals surface area (Å²) in [5, 5.41) is 9.39. The Kier molecular flexibility index (Phi) is 63.5. The average Bonchev–Trinajstić information content (AvgIpc) is 0.805. The molecule has 0 saturated carbocycles. The van der Waals surface area contributed by atoms with E-state index >= 15 is 0 Å². The molecule has 0 radical (unpaired) electrons. The van der Waals surface area contributed by atoms with E-state index in [4.69, 9.17) is 11.2 Å². The van der Waals surface area contributed by atoms with Gasteiger partial charge in [0.15, 0.2) is 0 Å². The van der Waals surface area contributed by atoms with Gasteiger partial charge in [-0.05, 0) is 198 Å². The highest BCUT2D eigenvalue weighted by molar-refractivity contribution is 9.69. The summed E-state index contributed by atoms with van der Waals surface area (Å²) in [5.41, 5.74) is 6.90. The van der Waals surface area contributed by atoms with Crippen molar-refractivity contribution in [2.45, 2.75) is 34.6 Å². The van der Waals surface area contributed by atoms with Crippen LogP contribution in [0.2, 0.25) is 0 Å². The fourth-order valence-corrected chi connectivity index (χ4v) is 35.0. The number of terminal acetylenes is 1. The highest BCUT2D eigenvalue weighted by Gasteiger charge is 2.13. The Morgan fingerprint density at radius 1 is 0.362 bits per heavy atom. The van der Waals surface area contributed by atoms with E-state index < -0.39 is 0 Å². The monoisotopic (exact) mass is 1810 g/mol. The van der Waals surface area contributed by atoms with E-state index in [9.17, 15) is 14.7 Å². The maximum absolute atomic E-state index is 11.7. The Bertz CT molecular complexity index is 7030. The van der Waals surface area contributed by atoms with Crippen molar-refractivity contribution in [1.82, 2.24) is 19.1 Å². The second kappa shape index (κ2) is 72.3. The summed E-state index contributed by atoms with van der Waals surface area (Å²) >= 11 is 9.31. The van der Waals surface area contributed by atoms with Crippen LogP contribution in [0.25, 0.3) is 22.5 Å². The molecule has 536 valence electrons. The van der Waals surface area contributed by atoms with E-state index in [0.29, 0.717) is 0 Å². The fraction of sp³-hybridized carbons (Fsp3) is 0.0833. The molecule has 116 heavy (non-hydrogen) atoms. The van der Waals surface area contributed by atoms with Crippen LogP contribution >= 0.6 is 113 Å². The summed E-state index contributed by atoms with van der Waals surface area (Å²) in [6.07, 6.45) is 7.60. The Balaban J connectivity index is 0.00000220. The number of phenolic OH excluding ortho intramolecular Hbond substituents is 1. The molecule has 0 spiro atoms. The maximum atomic E-state index is 11.7. The minimum Gasteiger partial charge on any atom is -0.508 e. The maximum Gasteiger partial charge on any atom is 0.369 e. The second-order valence-electron chi connectivity index (χ2n) is 18.2. The summed E-state index contributed by atoms with van der Waals surface area (Å²) in [7, 11) is 19.5. The van der Waals surface area contributed by atoms with Gasteiger partial charge in [-0.1, -0.05) is 5.92 Å². The third-order valence-electron chi connectivity index (χ3n) is 10.6. The molecule has 0 amide bonds. The minimum atomic E-state index is -0.141. The number of aromatic hydroxyl groups is 1. The number of rotatable bonds is 5. The number of hydrogen-bond acceptors (Lipinski definition) is 6. The standard InChI is InChI=1S/C69H4.C14H16N2O2.C13H14N2O2.BBr3.H10P8/c1-3-5-7-9-11-13-15-17-19-21-23-25-27-29-31-33-35-37-39-41-43-45-47-49-51-53-55-57-59-61-63-65-67-69-68-66-64-62-60-58-56-54-52-50-48-46-44-42-40-38-36-34-32-30-28-26-24-22-20-18-16-14-12-10-8-6-4-2;1-9-7-11(18-4)5-6-12(9)14-10(2)15-8-13(17)16(14)3;1-8-6-10(16)4-5-11(8)13-9(2)14-7-12(17)15(13)3;2-1(3)4;1-6(2)8(5)7(3)4/h1H,2H3;5-8H,1-4H3;4-7,16H,1-3H3;;1-5H2. The third kappa shape index (κ3) is 57.8. The fourth-order valence-electron chi connectivity index (χ4n) is 6.19. The third-order valence-corrected chi connectivity index (χ3v) is 48.4. The molecule has 2 aromatic carbocycles. The van der Waals surface area contributed by atoms with Gasteiger partial charge in [0.05, 0.1) is 42.3 Å². The molecule has 0 aliphatic carbocycles. The number of ether oxygens (including phenoxy) is 1. The van der Waals surface area contributed by atoms with Crippen LogP contribution in [0, 0.1) is 431 Å². The lowest BCUT2D eigenvalue weighted by Gasteiger charge is -2.18. The lowest BCUT2D eigenvalue weighted by molar-refractivity contribution is 0.414. The number of benzene rings is 2. The largest absolute Gasteiger partial charge is 0.508 e. The molecular formula is C96H44BBr3N4O4P8. The zero-order valence-corrected chi connectivity index (χ0v) is 75.3. The molecule has 5 unspecified atom stereocenters. The van der Waals surface area contributed by atoms with Crippen LogP contribution in [0.3, 0.4) is 0 Å². The van der Waals surface area contributed by atoms with E-state index in [1.807, 2.05) is 45.9 Å². The number of nitrogens with zero attached hydrogens (tertiary/aromatic N) is 4. The molecule has 0 saturated heterocycles. The van der Waals surface area contributed by atoms with Crippen LogP contribution in [0.5, 0.6) is 11.5 Å². The first-order valence-electron chi connectivity index (χ1n) is 30.7. The van der Waals surface area contributed by atoms with Gasteiger partial charge in [-0.2, -0.15) is 0 Å². The zero-order chi connectivity index (χ0) is 85.5. The van der Waals surface area contributed by atoms with Crippen molar-refractivity contribution in [3.8, 4) is 437 Å². The van der Waals surface area contributed by atoms with Crippen LogP contribution in [0.1, 0.15) is 29.4 Å². The number of aryl methyl sites for hydroxylation is 4. The molecule has 20 heteroatoms. The van der Waals surface area contributed by atoms with Crippen LogP contribution in [0.4, 0.5) is 0 Å². The SMILES string of the molecule is BrB(Br)Br.C#CC#CC#CC#CC#CC#CC#CC#CC#CC#CC#CC#CC#CC#CC#CC#CC#CC#CC#CC#CC#CC#CC#CC#CC#CC#CC#CC#CC#CC#CC#CC#CC#CC#CC.COc1ccc(-c2c(C)ncc(=O)n2C)c(C)c1.Cc1cc(O)ccc1-c1c(C)ncc(=O)n1C.PP(P)P(P)P(P)P. The molecule has 8 nitrogen and oxygen atoms in total. The van der Waals surface area contributed by atoms with Crippen molar-refractivity contribution in [2.75, 3.05) is 7.11 Å².